The van der Waals surface area contributed by atoms with E-state index in [4.69, 9.17) is 19.1 Å². The fraction of sp³-hybridized carbons (Fsp3) is 0.350. The quantitative estimate of drug-likeness (QED) is 0.0306. The van der Waals surface area contributed by atoms with Crippen molar-refractivity contribution in [3.05, 3.63) is 89.9 Å². The Balaban J connectivity index is 1.40. The second-order valence-corrected chi connectivity index (χ2v) is 12.9. The molecule has 2 heterocycles. The van der Waals surface area contributed by atoms with Crippen LogP contribution in [0.15, 0.2) is 77.5 Å². The van der Waals surface area contributed by atoms with Crippen LogP contribution in [0, 0.1) is 5.92 Å². The molecule has 3 atom stereocenters. The zero-order valence-corrected chi connectivity index (χ0v) is 32.2. The summed E-state index contributed by atoms with van der Waals surface area (Å²) in [6.07, 6.45) is 5.93. The summed E-state index contributed by atoms with van der Waals surface area (Å²) in [6, 6.07) is 12.9. The van der Waals surface area contributed by atoms with Crippen molar-refractivity contribution in [1.82, 2.24) is 30.8 Å². The van der Waals surface area contributed by atoms with Gasteiger partial charge >= 0.3 is 17.9 Å². The molecule has 18 nitrogen and oxygen atoms in total. The fourth-order valence-electron chi connectivity index (χ4n) is 6.04. The zero-order valence-electron chi connectivity index (χ0n) is 32.2. The average Bonchev–Trinajstić information content (AvgIpc) is 3.94. The van der Waals surface area contributed by atoms with E-state index in [1.165, 1.54) is 30.3 Å². The third-order valence-corrected chi connectivity index (χ3v) is 8.96. The van der Waals surface area contributed by atoms with Gasteiger partial charge in [-0.05, 0) is 74.4 Å². The molecule has 5 N–H and O–H groups in total. The Morgan fingerprint density at radius 1 is 0.948 bits per heavy atom. The first-order valence-corrected chi connectivity index (χ1v) is 18.6. The van der Waals surface area contributed by atoms with E-state index >= 15 is 0 Å². The Labute approximate surface area is 333 Å². The van der Waals surface area contributed by atoms with Crippen LogP contribution in [-0.4, -0.2) is 92.5 Å². The van der Waals surface area contributed by atoms with Crippen LogP contribution in [0.5, 0.6) is 5.75 Å². The highest BCUT2D eigenvalue weighted by atomic mass is 16.7. The summed E-state index contributed by atoms with van der Waals surface area (Å²) < 4.78 is 13.0. The molecule has 58 heavy (non-hydrogen) atoms. The van der Waals surface area contributed by atoms with Crippen LogP contribution in [0.3, 0.4) is 0 Å². The van der Waals surface area contributed by atoms with Gasteiger partial charge in [0.05, 0.1) is 48.5 Å². The lowest BCUT2D eigenvalue weighted by molar-refractivity contribution is -0.171. The summed E-state index contributed by atoms with van der Waals surface area (Å²) in [6.45, 7) is 5.28. The number of nitrogens with one attached hydrogen (secondary N) is 3. The van der Waals surface area contributed by atoms with E-state index in [9.17, 15) is 38.7 Å². The number of aromatic nitrogens is 2. The topological polar surface area (TPSA) is 249 Å². The summed E-state index contributed by atoms with van der Waals surface area (Å²) >= 11 is 0. The van der Waals surface area contributed by atoms with E-state index in [0.29, 0.717) is 30.5 Å². The number of carbonyl (C=O) groups excluding carboxylic acids is 5. The molecule has 4 rings (SSSR count). The highest BCUT2D eigenvalue weighted by molar-refractivity contribution is 6.00. The summed E-state index contributed by atoms with van der Waals surface area (Å²) in [5.74, 6) is -6.33. The molecule has 0 spiro atoms. The van der Waals surface area contributed by atoms with Crippen LogP contribution >= 0.6 is 0 Å². The van der Waals surface area contributed by atoms with Gasteiger partial charge < -0.3 is 40.2 Å². The van der Waals surface area contributed by atoms with Crippen molar-refractivity contribution in [1.29, 1.82) is 0 Å². The van der Waals surface area contributed by atoms with E-state index in [1.54, 1.807) is 61.3 Å². The van der Waals surface area contributed by atoms with Crippen molar-refractivity contribution < 1.29 is 57.8 Å². The molecular formula is C40H46N6O12. The van der Waals surface area contributed by atoms with Crippen LogP contribution in [-0.2, 0) is 24.0 Å². The third-order valence-electron chi connectivity index (χ3n) is 8.96. The van der Waals surface area contributed by atoms with E-state index in [2.05, 4.69) is 21.0 Å². The Hall–Kier alpha value is -6.98. The standard InChI is InChI=1S/C40H46N6O12/c1-4-7-8-10-28(31(5-2)46(24-47)58-40(55)25-11-14-27(15-12-25)45-20-9-19-43-45)36(50)41-23-42-38(52)33-18-17-32(57-33)26-13-16-29(34(21-26)56-6-3)37(51)44-30(39(53)54)22-35(48)49/h9,11-21,24,28,30-31H,4-8,10,22-23H2,1-3H3,(H,41,50)(H,42,52)(H,44,51)(H,48,49)(H,53,54)/t28-,30+,31-/m1/s1. The van der Waals surface area contributed by atoms with Crippen molar-refractivity contribution in [3.8, 4) is 22.8 Å². The molecule has 0 saturated heterocycles. The first-order valence-electron chi connectivity index (χ1n) is 18.6. The molecular weight excluding hydrogens is 756 g/mol. The van der Waals surface area contributed by atoms with E-state index < -0.39 is 60.1 Å². The zero-order chi connectivity index (χ0) is 42.2. The number of hydrogen-bond acceptors (Lipinski definition) is 11. The highest BCUT2D eigenvalue weighted by Crippen LogP contribution is 2.29. The van der Waals surface area contributed by atoms with Crippen LogP contribution in [0.4, 0.5) is 0 Å². The summed E-state index contributed by atoms with van der Waals surface area (Å²) in [7, 11) is 0. The molecule has 0 radical (unpaired) electrons. The Kier molecular flexibility index (Phi) is 16.1. The maximum atomic E-state index is 13.6. The summed E-state index contributed by atoms with van der Waals surface area (Å²) in [5.41, 5.74) is 1.26. The molecule has 4 amide bonds. The molecule has 308 valence electrons. The SMILES string of the molecule is CCCCC[C@@H](C(=O)NCNC(=O)c1ccc(-c2ccc(C(=O)N[C@@H](CC(=O)O)C(=O)O)c(OCC)c2)o1)[C@@H](CC)N(C=O)OC(=O)c1ccc(-n2cccn2)cc1. The lowest BCUT2D eigenvalue weighted by atomic mass is 9.90. The van der Waals surface area contributed by atoms with Gasteiger partial charge in [-0.15, -0.1) is 0 Å². The monoisotopic (exact) mass is 802 g/mol. The number of carboxylic acids is 2. The Morgan fingerprint density at radius 2 is 1.71 bits per heavy atom. The minimum Gasteiger partial charge on any atom is -0.493 e. The van der Waals surface area contributed by atoms with E-state index in [0.717, 1.165) is 17.9 Å². The fourth-order valence-corrected chi connectivity index (χ4v) is 6.04. The highest BCUT2D eigenvalue weighted by Gasteiger charge is 2.34. The van der Waals surface area contributed by atoms with E-state index in [-0.39, 0.29) is 48.1 Å². The summed E-state index contributed by atoms with van der Waals surface area (Å²) in [4.78, 5) is 92.9. The number of furan rings is 1. The molecule has 0 bridgehead atoms. The molecule has 18 heteroatoms. The minimum absolute atomic E-state index is 0.0492. The molecule has 0 saturated carbocycles. The van der Waals surface area contributed by atoms with Crippen LogP contribution in [0.25, 0.3) is 17.0 Å². The average molecular weight is 803 g/mol. The maximum absolute atomic E-state index is 13.6. The number of rotatable bonds is 23. The second kappa shape index (κ2) is 21.4. The van der Waals surface area contributed by atoms with Gasteiger partial charge in [0.1, 0.15) is 17.6 Å². The predicted octanol–water partition coefficient (Wildman–Crippen LogP) is 4.20. The number of nitrogens with zero attached hydrogens (tertiary/aromatic N) is 3. The van der Waals surface area contributed by atoms with Crippen LogP contribution < -0.4 is 20.7 Å². The number of carboxylic acid groups (broad SMARTS) is 2. The third kappa shape index (κ3) is 11.8. The number of ether oxygens (including phenoxy) is 1. The molecule has 0 unspecified atom stereocenters. The first-order chi connectivity index (χ1) is 27.9. The second-order valence-electron chi connectivity index (χ2n) is 12.9. The molecule has 0 aliphatic heterocycles. The van der Waals surface area contributed by atoms with Crippen molar-refractivity contribution >= 4 is 42.0 Å². The van der Waals surface area contributed by atoms with Crippen LogP contribution in [0.1, 0.15) is 90.6 Å². The molecule has 2 aromatic heterocycles. The molecule has 0 aliphatic carbocycles. The lowest BCUT2D eigenvalue weighted by Crippen LogP contribution is -2.49. The van der Waals surface area contributed by atoms with Crippen LogP contribution in [0.2, 0.25) is 0 Å². The van der Waals surface area contributed by atoms with Gasteiger partial charge in [-0.3, -0.25) is 24.0 Å². The van der Waals surface area contributed by atoms with Gasteiger partial charge in [0.2, 0.25) is 12.3 Å². The number of hydrogen-bond donors (Lipinski definition) is 5. The van der Waals surface area contributed by atoms with Crippen molar-refractivity contribution in [2.75, 3.05) is 13.3 Å². The molecule has 0 aliphatic rings. The van der Waals surface area contributed by atoms with Gasteiger partial charge in [0, 0.05) is 18.0 Å². The number of aliphatic carboxylic acids is 2. The normalized spacial score (nSPS) is 12.3. The molecule has 0 fully saturated rings. The maximum Gasteiger partial charge on any atom is 0.363 e. The Morgan fingerprint density at radius 3 is 2.33 bits per heavy atom. The van der Waals surface area contributed by atoms with E-state index in [1.807, 2.05) is 6.92 Å². The first kappa shape index (κ1) is 43.7. The minimum atomic E-state index is -1.67. The number of hydroxylamine groups is 2. The van der Waals surface area contributed by atoms with Gasteiger partial charge in [0.25, 0.3) is 11.8 Å². The number of benzene rings is 2. The molecule has 2 aromatic carbocycles. The lowest BCUT2D eigenvalue weighted by Gasteiger charge is -2.31. The number of amides is 4. The smallest absolute Gasteiger partial charge is 0.363 e. The molecule has 4 aromatic rings. The van der Waals surface area contributed by atoms with Gasteiger partial charge in [-0.2, -0.15) is 10.2 Å². The van der Waals surface area contributed by atoms with Crippen molar-refractivity contribution in [2.24, 2.45) is 5.92 Å². The Bertz CT molecular complexity index is 2050. The van der Waals surface area contributed by atoms with Gasteiger partial charge in [-0.1, -0.05) is 39.2 Å². The largest absolute Gasteiger partial charge is 0.493 e. The van der Waals surface area contributed by atoms with Crippen molar-refractivity contribution in [2.45, 2.75) is 71.4 Å². The number of unbranched alkanes of at least 4 members (excludes halogenated alkanes) is 2. The predicted molar refractivity (Wildman–Crippen MR) is 206 cm³/mol. The van der Waals surface area contributed by atoms with Crippen molar-refractivity contribution in [3.63, 3.8) is 0 Å². The summed E-state index contributed by atoms with van der Waals surface area (Å²) in [5, 5.41) is 30.8. The number of carbonyl (C=O) groups is 7. The van der Waals surface area contributed by atoms with Gasteiger partial charge in [-0.25, -0.2) is 14.3 Å². The van der Waals surface area contributed by atoms with Gasteiger partial charge in [0.15, 0.2) is 5.76 Å².